The Labute approximate surface area is 187 Å². The summed E-state index contributed by atoms with van der Waals surface area (Å²) in [4.78, 5) is 25.6. The summed E-state index contributed by atoms with van der Waals surface area (Å²) in [6.45, 7) is 6.62. The number of halogens is 4. The number of likely N-dealkylation sites (tertiary alicyclic amines) is 1. The van der Waals surface area contributed by atoms with Crippen molar-refractivity contribution < 1.29 is 32.3 Å². The lowest BCUT2D eigenvalue weighted by Gasteiger charge is -2.29. The van der Waals surface area contributed by atoms with Gasteiger partial charge in [0.05, 0.1) is 6.20 Å². The second-order valence-corrected chi connectivity index (χ2v) is 5.35. The van der Waals surface area contributed by atoms with Crippen LogP contribution in [0, 0.1) is 31.5 Å². The zero-order chi connectivity index (χ0) is 26.2. The second kappa shape index (κ2) is 24.1. The Kier molecular flexibility index (Phi) is 27.2. The van der Waals surface area contributed by atoms with Crippen molar-refractivity contribution in [2.75, 3.05) is 27.2 Å². The smallest absolute Gasteiger partial charge is 0.376 e. The number of hydrogen-bond acceptors (Lipinski definition) is 5. The number of alkyl halides is 3. The molecule has 1 aromatic heterocycles. The van der Waals surface area contributed by atoms with Crippen molar-refractivity contribution in [2.45, 2.75) is 31.5 Å². The highest BCUT2D eigenvalue weighted by Gasteiger charge is 2.45. The molecule has 1 unspecified atom stereocenters. The van der Waals surface area contributed by atoms with Crippen LogP contribution in [0.1, 0.15) is 29.8 Å². The number of piperidine rings is 1. The molecule has 1 aliphatic heterocycles. The van der Waals surface area contributed by atoms with Crippen molar-refractivity contribution in [1.82, 2.24) is 15.2 Å². The molecule has 6 nitrogen and oxygen atoms in total. The normalized spacial score (nSPS) is 12.4. The van der Waals surface area contributed by atoms with E-state index in [1.165, 1.54) is 12.1 Å². The Bertz CT molecular complexity index is 621. The fourth-order valence-corrected chi connectivity index (χ4v) is 1.88. The molecule has 1 aliphatic rings. The second-order valence-electron chi connectivity index (χ2n) is 5.35. The molecule has 0 bridgehead atoms. The van der Waals surface area contributed by atoms with Crippen molar-refractivity contribution in [2.24, 2.45) is 0 Å². The van der Waals surface area contributed by atoms with Crippen LogP contribution in [0.15, 0.2) is 31.5 Å². The highest BCUT2D eigenvalue weighted by atomic mass is 19.4. The summed E-state index contributed by atoms with van der Waals surface area (Å²) < 4.78 is 47.9. The number of aldehydes is 1. The number of amides is 1. The molecule has 0 saturated carbocycles. The molecule has 1 atom stereocenters. The van der Waals surface area contributed by atoms with E-state index in [1.54, 1.807) is 0 Å². The van der Waals surface area contributed by atoms with Gasteiger partial charge >= 0.3 is 6.18 Å². The fourth-order valence-electron chi connectivity index (χ4n) is 1.88. The van der Waals surface area contributed by atoms with E-state index in [4.69, 9.17) is 5.11 Å². The molecule has 2 N–H and O–H groups in total. The quantitative estimate of drug-likeness (QED) is 0.306. The average molecular weight is 462 g/mol. The van der Waals surface area contributed by atoms with Gasteiger partial charge in [-0.2, -0.15) is 13.2 Å². The lowest BCUT2D eigenvalue weighted by Crippen LogP contribution is -2.48. The number of carbonyl (C=O) groups is 2. The van der Waals surface area contributed by atoms with E-state index in [0.29, 0.717) is 32.2 Å². The molecule has 1 aromatic rings. The van der Waals surface area contributed by atoms with Crippen LogP contribution in [0.25, 0.3) is 0 Å². The van der Waals surface area contributed by atoms with Crippen molar-refractivity contribution >= 4 is 12.2 Å². The Morgan fingerprint density at radius 1 is 1.16 bits per heavy atom. The SMILES string of the molecule is C#C.C#C.C=C.CNC.O=C(C(O)C(F)(F)F)N1CCCCC1.O=Cc1ccc(F)cn1. The van der Waals surface area contributed by atoms with Crippen LogP contribution in [-0.4, -0.2) is 66.6 Å². The van der Waals surface area contributed by atoms with Crippen LogP contribution < -0.4 is 5.32 Å². The third-order valence-corrected chi connectivity index (χ3v) is 3.08. The number of aliphatic hydroxyl groups excluding tert-OH is 1. The first-order valence-electron chi connectivity index (χ1n) is 9.02. The van der Waals surface area contributed by atoms with Gasteiger partial charge in [0.1, 0.15) is 11.5 Å². The molecule has 10 heteroatoms. The van der Waals surface area contributed by atoms with Gasteiger partial charge in [-0.25, -0.2) is 4.39 Å². The van der Waals surface area contributed by atoms with E-state index >= 15 is 0 Å². The minimum atomic E-state index is -4.85. The van der Waals surface area contributed by atoms with Crippen LogP contribution >= 0.6 is 0 Å². The number of pyridine rings is 1. The Balaban J connectivity index is -0.000000187. The van der Waals surface area contributed by atoms with Crippen LogP contribution in [-0.2, 0) is 4.79 Å². The van der Waals surface area contributed by atoms with Crippen molar-refractivity contribution in [3.05, 3.63) is 43.0 Å². The standard InChI is InChI=1S/C8H12F3NO2.C6H4FNO.C2H7N.C2H4.2C2H2/c9-8(10,11)6(13)7(14)12-4-2-1-3-5-12;7-5-1-2-6(4-9)8-3-5;1-3-2;3*1-2/h6,13H,1-5H2;1-4H;3H,1-2H3;1-2H2;2*1-2H. The number of nitrogens with zero attached hydrogens (tertiary/aromatic N) is 2. The summed E-state index contributed by atoms with van der Waals surface area (Å²) in [5.41, 5.74) is 0.247. The largest absolute Gasteiger partial charge is 0.423 e. The highest BCUT2D eigenvalue weighted by molar-refractivity contribution is 5.81. The number of rotatable bonds is 2. The van der Waals surface area contributed by atoms with Gasteiger partial charge in [-0.3, -0.25) is 14.6 Å². The van der Waals surface area contributed by atoms with Gasteiger partial charge in [-0.15, -0.1) is 38.9 Å². The molecule has 1 amide bonds. The maximum absolute atomic E-state index is 12.0. The number of nitrogens with one attached hydrogen (secondary N) is 1. The Hall–Kier alpha value is -3.21. The fraction of sp³-hybridized carbons (Fsp3) is 0.409. The third-order valence-electron chi connectivity index (χ3n) is 3.08. The first kappa shape index (κ1) is 36.2. The minimum Gasteiger partial charge on any atom is -0.376 e. The van der Waals surface area contributed by atoms with E-state index in [9.17, 15) is 27.2 Å². The molecular weight excluding hydrogens is 430 g/mol. The first-order chi connectivity index (χ1) is 15.2. The molecule has 1 fully saturated rings. The van der Waals surface area contributed by atoms with Gasteiger partial charge in [-0.05, 0) is 45.5 Å². The van der Waals surface area contributed by atoms with Crippen LogP contribution in [0.4, 0.5) is 17.6 Å². The molecule has 0 spiro atoms. The lowest BCUT2D eigenvalue weighted by atomic mass is 10.1. The summed E-state index contributed by atoms with van der Waals surface area (Å²) in [5, 5.41) is 11.4. The van der Waals surface area contributed by atoms with Gasteiger partial charge in [0.15, 0.2) is 6.29 Å². The van der Waals surface area contributed by atoms with Gasteiger partial charge in [-0.1, -0.05) is 0 Å². The molecular formula is C22H31F4N3O3. The topological polar surface area (TPSA) is 82.5 Å². The monoisotopic (exact) mass is 461 g/mol. The molecule has 0 radical (unpaired) electrons. The maximum atomic E-state index is 12.0. The molecule has 2 rings (SSSR count). The van der Waals surface area contributed by atoms with Crippen LogP contribution in [0.2, 0.25) is 0 Å². The van der Waals surface area contributed by atoms with Gasteiger partial charge < -0.3 is 15.3 Å². The maximum Gasteiger partial charge on any atom is 0.423 e. The summed E-state index contributed by atoms with van der Waals surface area (Å²) in [6, 6.07) is 2.51. The lowest BCUT2D eigenvalue weighted by molar-refractivity contribution is -0.211. The summed E-state index contributed by atoms with van der Waals surface area (Å²) in [5.74, 6) is -1.65. The summed E-state index contributed by atoms with van der Waals surface area (Å²) in [6.07, 6.45) is 12.2. The van der Waals surface area contributed by atoms with Crippen molar-refractivity contribution in [3.8, 4) is 25.7 Å². The summed E-state index contributed by atoms with van der Waals surface area (Å²) in [7, 11) is 3.75. The Morgan fingerprint density at radius 3 is 1.91 bits per heavy atom. The summed E-state index contributed by atoms with van der Waals surface area (Å²) >= 11 is 0. The van der Waals surface area contributed by atoms with E-state index in [2.05, 4.69) is 49.2 Å². The number of terminal acetylenes is 2. The average Bonchev–Trinajstić information content (AvgIpc) is 2.83. The number of carbonyl (C=O) groups excluding carboxylic acids is 2. The number of aromatic nitrogens is 1. The molecule has 180 valence electrons. The molecule has 32 heavy (non-hydrogen) atoms. The van der Waals surface area contributed by atoms with Gasteiger partial charge in [0.2, 0.25) is 6.10 Å². The van der Waals surface area contributed by atoms with Gasteiger partial charge in [0, 0.05) is 13.1 Å². The van der Waals surface area contributed by atoms with E-state index < -0.39 is 24.0 Å². The first-order valence-corrected chi connectivity index (χ1v) is 9.02. The van der Waals surface area contributed by atoms with Crippen molar-refractivity contribution in [3.63, 3.8) is 0 Å². The van der Waals surface area contributed by atoms with Crippen LogP contribution in [0.3, 0.4) is 0 Å². The third kappa shape index (κ3) is 18.8. The van der Waals surface area contributed by atoms with E-state index in [0.717, 1.165) is 17.5 Å². The van der Waals surface area contributed by atoms with E-state index in [-0.39, 0.29) is 5.69 Å². The Morgan fingerprint density at radius 2 is 1.59 bits per heavy atom. The predicted molar refractivity (Wildman–Crippen MR) is 118 cm³/mol. The number of aliphatic hydroxyl groups is 1. The molecule has 0 aromatic carbocycles. The molecule has 1 saturated heterocycles. The van der Waals surface area contributed by atoms with E-state index in [1.807, 2.05) is 14.1 Å². The minimum absolute atomic E-state index is 0.247. The highest BCUT2D eigenvalue weighted by Crippen LogP contribution is 2.22. The zero-order valence-electron chi connectivity index (χ0n) is 18.3. The number of hydrogen-bond donors (Lipinski definition) is 2. The van der Waals surface area contributed by atoms with Crippen molar-refractivity contribution in [1.29, 1.82) is 0 Å². The zero-order valence-corrected chi connectivity index (χ0v) is 18.3. The molecule has 0 aliphatic carbocycles. The molecule has 2 heterocycles. The van der Waals surface area contributed by atoms with Crippen LogP contribution in [0.5, 0.6) is 0 Å². The van der Waals surface area contributed by atoms with Gasteiger partial charge in [0.25, 0.3) is 5.91 Å². The predicted octanol–water partition coefficient (Wildman–Crippen LogP) is 3.09.